The van der Waals surface area contributed by atoms with Crippen molar-refractivity contribution in [3.63, 3.8) is 0 Å². The molecule has 0 aromatic rings. The Bertz CT molecular complexity index is 186. The number of carboxylic acids is 1. The minimum atomic E-state index is -0.848. The van der Waals surface area contributed by atoms with Crippen LogP contribution in [0.4, 0.5) is 0 Å². The van der Waals surface area contributed by atoms with Gasteiger partial charge in [0.25, 0.3) is 0 Å². The summed E-state index contributed by atoms with van der Waals surface area (Å²) in [5, 5.41) is 8.78. The smallest absolute Gasteiger partial charge is 0.306 e. The van der Waals surface area contributed by atoms with Crippen LogP contribution in [0.25, 0.3) is 0 Å². The van der Waals surface area contributed by atoms with Gasteiger partial charge >= 0.3 is 11.9 Å². The predicted molar refractivity (Wildman–Crippen MR) is 47.2 cm³/mol. The first-order chi connectivity index (χ1) is 5.99. The van der Waals surface area contributed by atoms with Gasteiger partial charge in [0.1, 0.15) is 0 Å². The van der Waals surface area contributed by atoms with E-state index >= 15 is 0 Å². The Kier molecular flexibility index (Phi) is 5.11. The first-order valence-electron chi connectivity index (χ1n) is 4.28. The van der Waals surface area contributed by atoms with E-state index in [2.05, 4.69) is 4.74 Å². The predicted octanol–water partition coefficient (Wildman–Crippen LogP) is 1.30. The molecule has 0 radical (unpaired) electrons. The van der Waals surface area contributed by atoms with Crippen LogP contribution in [-0.4, -0.2) is 24.2 Å². The van der Waals surface area contributed by atoms with E-state index in [0.29, 0.717) is 6.42 Å². The van der Waals surface area contributed by atoms with Crippen molar-refractivity contribution in [3.05, 3.63) is 0 Å². The van der Waals surface area contributed by atoms with Gasteiger partial charge in [-0.1, -0.05) is 13.8 Å². The van der Waals surface area contributed by atoms with Gasteiger partial charge in [0.15, 0.2) is 0 Å². The second-order valence-electron chi connectivity index (χ2n) is 3.30. The van der Waals surface area contributed by atoms with Crippen molar-refractivity contribution in [2.45, 2.75) is 26.7 Å². The van der Waals surface area contributed by atoms with E-state index in [1.165, 1.54) is 7.11 Å². The molecule has 0 bridgehead atoms. The molecule has 1 N–H and O–H groups in total. The largest absolute Gasteiger partial charge is 0.481 e. The molecule has 0 aromatic heterocycles. The highest BCUT2D eigenvalue weighted by atomic mass is 16.5. The Morgan fingerprint density at radius 1 is 1.38 bits per heavy atom. The van der Waals surface area contributed by atoms with Crippen molar-refractivity contribution >= 4 is 11.9 Å². The normalized spacial score (nSPS) is 12.6. The molecule has 0 aliphatic carbocycles. The summed E-state index contributed by atoms with van der Waals surface area (Å²) < 4.78 is 4.43. The number of carboxylic acid groups (broad SMARTS) is 1. The lowest BCUT2D eigenvalue weighted by Gasteiger charge is -2.14. The molecule has 4 heteroatoms. The number of aliphatic carboxylic acids is 1. The molecule has 1 unspecified atom stereocenters. The van der Waals surface area contributed by atoms with Crippen LogP contribution in [0, 0.1) is 11.8 Å². The molecule has 0 aliphatic rings. The number of carbonyl (C=O) groups is 2. The van der Waals surface area contributed by atoms with Crippen LogP contribution in [0.5, 0.6) is 0 Å². The fourth-order valence-corrected chi connectivity index (χ4v) is 1.12. The first-order valence-corrected chi connectivity index (χ1v) is 4.28. The van der Waals surface area contributed by atoms with E-state index in [-0.39, 0.29) is 18.3 Å². The van der Waals surface area contributed by atoms with Crippen molar-refractivity contribution < 1.29 is 19.4 Å². The van der Waals surface area contributed by atoms with Crippen molar-refractivity contribution in [2.75, 3.05) is 7.11 Å². The average Bonchev–Trinajstić information content (AvgIpc) is 2.03. The van der Waals surface area contributed by atoms with E-state index in [9.17, 15) is 9.59 Å². The molecule has 4 nitrogen and oxygen atoms in total. The molecular formula is C9H16O4. The van der Waals surface area contributed by atoms with E-state index in [1.54, 1.807) is 0 Å². The third-order valence-corrected chi connectivity index (χ3v) is 2.01. The fraction of sp³-hybridized carbons (Fsp3) is 0.778. The van der Waals surface area contributed by atoms with Gasteiger partial charge in [0.05, 0.1) is 13.0 Å². The highest BCUT2D eigenvalue weighted by molar-refractivity contribution is 5.73. The monoisotopic (exact) mass is 188 g/mol. The molecule has 0 aliphatic heterocycles. The van der Waals surface area contributed by atoms with Gasteiger partial charge < -0.3 is 9.84 Å². The van der Waals surface area contributed by atoms with Crippen LogP contribution < -0.4 is 0 Å². The molecule has 0 saturated carbocycles. The molecule has 0 spiro atoms. The van der Waals surface area contributed by atoms with Crippen LogP contribution in [0.15, 0.2) is 0 Å². The van der Waals surface area contributed by atoms with E-state index in [0.717, 1.165) is 0 Å². The van der Waals surface area contributed by atoms with Gasteiger partial charge in [-0.2, -0.15) is 0 Å². The number of methoxy groups -OCH3 is 1. The van der Waals surface area contributed by atoms with Gasteiger partial charge in [0, 0.05) is 6.42 Å². The van der Waals surface area contributed by atoms with Crippen LogP contribution >= 0.6 is 0 Å². The Morgan fingerprint density at radius 3 is 2.23 bits per heavy atom. The zero-order valence-electron chi connectivity index (χ0n) is 8.24. The molecule has 76 valence electrons. The number of carbonyl (C=O) groups excluding carboxylic acids is 1. The van der Waals surface area contributed by atoms with E-state index in [1.807, 2.05) is 13.8 Å². The lowest BCUT2D eigenvalue weighted by molar-refractivity contribution is -0.145. The minimum absolute atomic E-state index is 0.0437. The highest BCUT2D eigenvalue weighted by Crippen LogP contribution is 2.17. The van der Waals surface area contributed by atoms with Crippen molar-refractivity contribution in [2.24, 2.45) is 11.8 Å². The maximum atomic E-state index is 10.7. The molecule has 0 fully saturated rings. The highest BCUT2D eigenvalue weighted by Gasteiger charge is 2.22. The summed E-state index contributed by atoms with van der Waals surface area (Å²) >= 11 is 0. The Hall–Kier alpha value is -1.06. The summed E-state index contributed by atoms with van der Waals surface area (Å²) in [5.74, 6) is -1.62. The number of esters is 1. The quantitative estimate of drug-likeness (QED) is 0.660. The Balaban J connectivity index is 3.97. The lowest BCUT2D eigenvalue weighted by atomic mass is 9.91. The topological polar surface area (TPSA) is 63.6 Å². The number of ether oxygens (including phenoxy) is 1. The van der Waals surface area contributed by atoms with Gasteiger partial charge in [-0.25, -0.2) is 0 Å². The summed E-state index contributed by atoms with van der Waals surface area (Å²) in [6.07, 6.45) is 0.519. The lowest BCUT2D eigenvalue weighted by Crippen LogP contribution is -2.20. The van der Waals surface area contributed by atoms with E-state index in [4.69, 9.17) is 5.11 Å². The molecule has 0 rings (SSSR count). The molecule has 0 saturated heterocycles. The number of hydrogen-bond donors (Lipinski definition) is 1. The Labute approximate surface area is 77.9 Å². The molecular weight excluding hydrogens is 172 g/mol. The maximum absolute atomic E-state index is 10.7. The third-order valence-electron chi connectivity index (χ3n) is 2.01. The summed E-state index contributed by atoms with van der Waals surface area (Å²) in [4.78, 5) is 21.4. The SMILES string of the molecule is COC(=O)CCC(C(=O)O)C(C)C. The number of hydrogen-bond acceptors (Lipinski definition) is 3. The summed E-state index contributed by atoms with van der Waals surface area (Å²) in [7, 11) is 1.30. The maximum Gasteiger partial charge on any atom is 0.306 e. The van der Waals surface area contributed by atoms with Gasteiger partial charge in [0.2, 0.25) is 0 Å². The van der Waals surface area contributed by atoms with Gasteiger partial charge in [-0.05, 0) is 12.3 Å². The van der Waals surface area contributed by atoms with Gasteiger partial charge in [-0.15, -0.1) is 0 Å². The summed E-state index contributed by atoms with van der Waals surface area (Å²) in [6, 6.07) is 0. The first kappa shape index (κ1) is 11.9. The zero-order chi connectivity index (χ0) is 10.4. The summed E-state index contributed by atoms with van der Waals surface area (Å²) in [5.41, 5.74) is 0. The Morgan fingerprint density at radius 2 is 1.92 bits per heavy atom. The number of rotatable bonds is 5. The molecule has 0 aromatic carbocycles. The van der Waals surface area contributed by atoms with Crippen molar-refractivity contribution in [1.82, 2.24) is 0 Å². The molecule has 0 amide bonds. The second kappa shape index (κ2) is 5.56. The van der Waals surface area contributed by atoms with Gasteiger partial charge in [-0.3, -0.25) is 9.59 Å². The minimum Gasteiger partial charge on any atom is -0.481 e. The molecule has 13 heavy (non-hydrogen) atoms. The second-order valence-corrected chi connectivity index (χ2v) is 3.30. The van der Waals surface area contributed by atoms with Crippen LogP contribution in [0.1, 0.15) is 26.7 Å². The molecule has 0 heterocycles. The fourth-order valence-electron chi connectivity index (χ4n) is 1.12. The van der Waals surface area contributed by atoms with Crippen molar-refractivity contribution in [3.8, 4) is 0 Å². The van der Waals surface area contributed by atoms with E-state index < -0.39 is 11.9 Å². The standard InChI is InChI=1S/C9H16O4/c1-6(2)7(9(11)12)4-5-8(10)13-3/h6-7H,4-5H2,1-3H3,(H,11,12). The van der Waals surface area contributed by atoms with Crippen LogP contribution in [0.2, 0.25) is 0 Å². The third kappa shape index (κ3) is 4.50. The van der Waals surface area contributed by atoms with Crippen molar-refractivity contribution in [1.29, 1.82) is 0 Å². The van der Waals surface area contributed by atoms with Crippen LogP contribution in [0.3, 0.4) is 0 Å². The van der Waals surface area contributed by atoms with Crippen LogP contribution in [-0.2, 0) is 14.3 Å². The molecule has 1 atom stereocenters. The summed E-state index contributed by atoms with van der Waals surface area (Å²) in [6.45, 7) is 3.66. The zero-order valence-corrected chi connectivity index (χ0v) is 8.24. The average molecular weight is 188 g/mol.